The molecule has 10 heavy (non-hydrogen) atoms. The van der Waals surface area contributed by atoms with Crippen molar-refractivity contribution in [1.29, 1.82) is 0 Å². The average Bonchev–Trinajstić information content (AvgIpc) is 1.90. The van der Waals surface area contributed by atoms with E-state index in [0.29, 0.717) is 0 Å². The molecule has 0 saturated heterocycles. The Morgan fingerprint density at radius 1 is 1.20 bits per heavy atom. The molecule has 0 aromatic carbocycles. The van der Waals surface area contributed by atoms with Gasteiger partial charge in [0, 0.05) is 0 Å². The monoisotopic (exact) mass is 165 g/mol. The van der Waals surface area contributed by atoms with E-state index in [1.54, 1.807) is 0 Å². The Bertz CT molecular complexity index is 110. The number of aldehydes is 1. The van der Waals surface area contributed by atoms with Crippen LogP contribution in [0, 0.1) is 0 Å². The summed E-state index contributed by atoms with van der Waals surface area (Å²) in [6.45, 7) is 0. The number of rotatable bonds is 1. The van der Waals surface area contributed by atoms with Gasteiger partial charge in [-0.3, -0.25) is 0 Å². The molecule has 1 fully saturated rings. The van der Waals surface area contributed by atoms with E-state index in [-0.39, 0.29) is 51.4 Å². The largest absolute Gasteiger partial charge is 1.00 e. The van der Waals surface area contributed by atoms with E-state index in [0.717, 1.165) is 32.0 Å². The van der Waals surface area contributed by atoms with Gasteiger partial charge in [-0.15, -0.1) is 0 Å². The summed E-state index contributed by atoms with van der Waals surface area (Å²) >= 11 is 0. The van der Waals surface area contributed by atoms with Crippen molar-refractivity contribution in [2.45, 2.75) is 37.6 Å². The van der Waals surface area contributed by atoms with Crippen LogP contribution in [0.15, 0.2) is 0 Å². The maximum atomic E-state index is 10.3. The molecule has 1 aliphatic carbocycles. The van der Waals surface area contributed by atoms with Gasteiger partial charge >= 0.3 is 51.4 Å². The summed E-state index contributed by atoms with van der Waals surface area (Å²) in [4.78, 5) is 10.3. The van der Waals surface area contributed by atoms with Crippen LogP contribution in [0.1, 0.15) is 32.1 Å². The van der Waals surface area contributed by atoms with Gasteiger partial charge in [0.05, 0.1) is 0 Å². The standard InChI is InChI=1S/C7H12NO.K/c8-7(6-9)4-2-1-3-5-7;/h6,8H,1-5H2;/q-1;+1. The Labute approximate surface area is 104 Å². The van der Waals surface area contributed by atoms with Crippen molar-refractivity contribution < 1.29 is 56.2 Å². The fourth-order valence-electron chi connectivity index (χ4n) is 1.30. The predicted molar refractivity (Wildman–Crippen MR) is 36.2 cm³/mol. The molecule has 0 unspecified atom stereocenters. The van der Waals surface area contributed by atoms with E-state index >= 15 is 0 Å². The van der Waals surface area contributed by atoms with E-state index in [1.807, 2.05) is 0 Å². The molecule has 0 aliphatic heterocycles. The van der Waals surface area contributed by atoms with E-state index < -0.39 is 5.54 Å². The molecule has 0 amide bonds. The summed E-state index contributed by atoms with van der Waals surface area (Å²) in [5.41, 5.74) is 6.79. The second-order valence-electron chi connectivity index (χ2n) is 2.83. The van der Waals surface area contributed by atoms with Crippen molar-refractivity contribution in [3.05, 3.63) is 5.73 Å². The van der Waals surface area contributed by atoms with E-state index in [1.165, 1.54) is 6.42 Å². The summed E-state index contributed by atoms with van der Waals surface area (Å²) in [6.07, 6.45) is 5.66. The Morgan fingerprint density at radius 3 is 2.00 bits per heavy atom. The molecular weight excluding hydrogens is 153 g/mol. The zero-order valence-electron chi connectivity index (χ0n) is 6.52. The van der Waals surface area contributed by atoms with Gasteiger partial charge in [0.2, 0.25) is 0 Å². The number of carbonyl (C=O) groups excluding carboxylic acids is 1. The van der Waals surface area contributed by atoms with Gasteiger partial charge in [-0.2, -0.15) is 0 Å². The molecule has 52 valence electrons. The van der Waals surface area contributed by atoms with Crippen LogP contribution in [0.25, 0.3) is 5.73 Å². The Hall–Kier alpha value is 1.27. The van der Waals surface area contributed by atoms with Gasteiger partial charge in [0.1, 0.15) is 6.29 Å². The second kappa shape index (κ2) is 5.01. The molecule has 2 nitrogen and oxygen atoms in total. The molecule has 1 N–H and O–H groups in total. The van der Waals surface area contributed by atoms with Crippen LogP contribution in [0.4, 0.5) is 0 Å². The zero-order chi connectivity index (χ0) is 6.74. The smallest absolute Gasteiger partial charge is 0.666 e. The molecule has 1 aliphatic rings. The molecular formula is C7H12KNO. The first-order valence-corrected chi connectivity index (χ1v) is 3.48. The van der Waals surface area contributed by atoms with Gasteiger partial charge in [0.15, 0.2) is 0 Å². The minimum atomic E-state index is -0.710. The van der Waals surface area contributed by atoms with Gasteiger partial charge in [-0.05, 0) is 0 Å². The van der Waals surface area contributed by atoms with E-state index in [4.69, 9.17) is 5.73 Å². The fraction of sp³-hybridized carbons (Fsp3) is 0.857. The quantitative estimate of drug-likeness (QED) is 0.361. The normalized spacial score (nSPS) is 22.9. The first-order valence-electron chi connectivity index (χ1n) is 3.48. The van der Waals surface area contributed by atoms with Crippen molar-refractivity contribution in [2.24, 2.45) is 0 Å². The van der Waals surface area contributed by atoms with Crippen LogP contribution in [0.2, 0.25) is 0 Å². The third-order valence-electron chi connectivity index (χ3n) is 1.97. The molecule has 0 atom stereocenters. The SMILES string of the molecule is [K+].[NH-]C1(C=O)CCCCC1. The Balaban J connectivity index is 0.000000810. The zero-order valence-corrected chi connectivity index (χ0v) is 9.64. The molecule has 1 saturated carbocycles. The second-order valence-corrected chi connectivity index (χ2v) is 2.83. The molecule has 0 spiro atoms. The van der Waals surface area contributed by atoms with Crippen LogP contribution < -0.4 is 51.4 Å². The van der Waals surface area contributed by atoms with Crippen molar-refractivity contribution in [2.75, 3.05) is 0 Å². The third-order valence-corrected chi connectivity index (χ3v) is 1.97. The average molecular weight is 165 g/mol. The minimum absolute atomic E-state index is 0. The summed E-state index contributed by atoms with van der Waals surface area (Å²) in [6, 6.07) is 0. The maximum Gasteiger partial charge on any atom is 1.00 e. The summed E-state index contributed by atoms with van der Waals surface area (Å²) in [5.74, 6) is 0. The van der Waals surface area contributed by atoms with Crippen molar-refractivity contribution in [3.63, 3.8) is 0 Å². The van der Waals surface area contributed by atoms with Crippen molar-refractivity contribution in [3.8, 4) is 0 Å². The summed E-state index contributed by atoms with van der Waals surface area (Å²) < 4.78 is 0. The Kier molecular flexibility index (Phi) is 5.64. The molecule has 0 heterocycles. The number of hydrogen-bond donors (Lipinski definition) is 0. The maximum absolute atomic E-state index is 10.3. The first kappa shape index (κ1) is 11.3. The van der Waals surface area contributed by atoms with Crippen molar-refractivity contribution >= 4 is 6.29 Å². The predicted octanol–water partition coefficient (Wildman–Crippen LogP) is -1.06. The van der Waals surface area contributed by atoms with Gasteiger partial charge < -0.3 is 10.5 Å². The van der Waals surface area contributed by atoms with Gasteiger partial charge in [0.25, 0.3) is 0 Å². The molecule has 0 aromatic rings. The molecule has 0 radical (unpaired) electrons. The van der Waals surface area contributed by atoms with Crippen LogP contribution in [-0.4, -0.2) is 11.8 Å². The number of hydrogen-bond acceptors (Lipinski definition) is 1. The van der Waals surface area contributed by atoms with E-state index in [2.05, 4.69) is 0 Å². The first-order chi connectivity index (χ1) is 4.27. The van der Waals surface area contributed by atoms with Crippen LogP contribution in [-0.2, 0) is 4.79 Å². The summed E-state index contributed by atoms with van der Waals surface area (Å²) in [7, 11) is 0. The summed E-state index contributed by atoms with van der Waals surface area (Å²) in [5, 5.41) is 0. The molecule has 0 bridgehead atoms. The van der Waals surface area contributed by atoms with Gasteiger partial charge in [-0.25, -0.2) is 0 Å². The Morgan fingerprint density at radius 2 is 1.70 bits per heavy atom. The fourth-order valence-corrected chi connectivity index (χ4v) is 1.30. The van der Waals surface area contributed by atoms with Crippen LogP contribution >= 0.6 is 0 Å². The minimum Gasteiger partial charge on any atom is -0.666 e. The molecule has 0 aromatic heterocycles. The van der Waals surface area contributed by atoms with Gasteiger partial charge in [-0.1, -0.05) is 37.6 Å². The van der Waals surface area contributed by atoms with Crippen LogP contribution in [0.3, 0.4) is 0 Å². The topological polar surface area (TPSA) is 40.9 Å². The van der Waals surface area contributed by atoms with Crippen LogP contribution in [0.5, 0.6) is 0 Å². The number of nitrogens with one attached hydrogen (secondary N) is 1. The van der Waals surface area contributed by atoms with Crippen molar-refractivity contribution in [1.82, 2.24) is 0 Å². The number of carbonyl (C=O) groups is 1. The van der Waals surface area contributed by atoms with E-state index in [9.17, 15) is 4.79 Å². The third kappa shape index (κ3) is 3.11. The molecule has 1 rings (SSSR count). The molecule has 3 heteroatoms.